The van der Waals surface area contributed by atoms with Crippen molar-refractivity contribution >= 4 is 12.0 Å². The first-order chi connectivity index (χ1) is 22.1. The van der Waals surface area contributed by atoms with E-state index in [0.29, 0.717) is 17.9 Å². The highest BCUT2D eigenvalue weighted by molar-refractivity contribution is 5.91. The zero-order valence-electron chi connectivity index (χ0n) is 26.8. The minimum Gasteiger partial charge on any atom is -0.494 e. The molecule has 4 heteroatoms. The quantitative estimate of drug-likeness (QED) is 0.0572. The normalized spacial score (nSPS) is 10.8. The molecule has 4 aromatic carbocycles. The van der Waals surface area contributed by atoms with E-state index in [-0.39, 0.29) is 5.97 Å². The number of ether oxygens (including phenoxy) is 3. The predicted molar refractivity (Wildman–Crippen MR) is 186 cm³/mol. The highest BCUT2D eigenvalue weighted by Crippen LogP contribution is 2.24. The van der Waals surface area contributed by atoms with E-state index in [1.54, 1.807) is 12.1 Å². The van der Waals surface area contributed by atoms with Crippen LogP contribution in [0.1, 0.15) is 92.6 Å². The number of hydrogen-bond acceptors (Lipinski definition) is 4. The summed E-state index contributed by atoms with van der Waals surface area (Å²) in [4.78, 5) is 12.7. The van der Waals surface area contributed by atoms with Crippen molar-refractivity contribution in [3.63, 3.8) is 0 Å². The van der Waals surface area contributed by atoms with Crippen LogP contribution >= 0.6 is 0 Å². The molecule has 0 aliphatic heterocycles. The Morgan fingerprint density at radius 3 is 1.51 bits per heavy atom. The average molecular weight is 605 g/mol. The van der Waals surface area contributed by atoms with Gasteiger partial charge in [-0.15, -0.1) is 0 Å². The molecule has 0 aromatic heterocycles. The molecule has 236 valence electrons. The minimum absolute atomic E-state index is 0.374. The molecule has 0 saturated carbocycles. The third-order valence-corrected chi connectivity index (χ3v) is 7.92. The van der Waals surface area contributed by atoms with Crippen LogP contribution in [0.3, 0.4) is 0 Å². The van der Waals surface area contributed by atoms with Gasteiger partial charge in [0.25, 0.3) is 0 Å². The molecule has 4 aromatic rings. The van der Waals surface area contributed by atoms with Gasteiger partial charge >= 0.3 is 5.97 Å². The van der Waals surface area contributed by atoms with Crippen LogP contribution in [-0.2, 0) is 6.42 Å². The van der Waals surface area contributed by atoms with E-state index in [1.807, 2.05) is 66.7 Å². The van der Waals surface area contributed by atoms with Crippen LogP contribution in [0.4, 0.5) is 0 Å². The summed E-state index contributed by atoms with van der Waals surface area (Å²) >= 11 is 0. The Morgan fingerprint density at radius 2 is 1.02 bits per heavy atom. The lowest BCUT2D eigenvalue weighted by Gasteiger charge is -2.09. The lowest BCUT2D eigenvalue weighted by Crippen LogP contribution is -2.08. The minimum atomic E-state index is -0.374. The Hall–Kier alpha value is -4.31. The third kappa shape index (κ3) is 11.9. The maximum absolute atomic E-state index is 12.7. The van der Waals surface area contributed by atoms with Gasteiger partial charge in [-0.2, -0.15) is 0 Å². The van der Waals surface area contributed by atoms with E-state index in [0.717, 1.165) is 60.5 Å². The monoisotopic (exact) mass is 604 g/mol. The molecule has 0 saturated heterocycles. The van der Waals surface area contributed by atoms with Gasteiger partial charge in [-0.3, -0.25) is 0 Å². The van der Waals surface area contributed by atoms with Crippen molar-refractivity contribution in [2.75, 3.05) is 13.2 Å². The van der Waals surface area contributed by atoms with Crippen molar-refractivity contribution in [2.45, 2.75) is 77.6 Å². The van der Waals surface area contributed by atoms with E-state index in [2.05, 4.69) is 37.8 Å². The Kier molecular flexibility index (Phi) is 14.3. The maximum atomic E-state index is 12.7. The molecule has 45 heavy (non-hydrogen) atoms. The van der Waals surface area contributed by atoms with Crippen molar-refractivity contribution in [3.8, 4) is 28.4 Å². The van der Waals surface area contributed by atoms with E-state index in [9.17, 15) is 4.79 Å². The molecule has 0 aliphatic rings. The molecule has 4 nitrogen and oxygen atoms in total. The van der Waals surface area contributed by atoms with Crippen molar-refractivity contribution in [1.82, 2.24) is 0 Å². The fourth-order valence-corrected chi connectivity index (χ4v) is 5.24. The van der Waals surface area contributed by atoms with E-state index in [4.69, 9.17) is 14.2 Å². The zero-order chi connectivity index (χ0) is 31.5. The second-order valence-corrected chi connectivity index (χ2v) is 11.5. The standard InChI is InChI=1S/C41H48O4/c1-3-14-34-15-19-35(20-16-34)36-21-29-40(30-22-36)45-41(42)37-23-27-39(28-24-37)44-32-13-11-9-7-5-6-8-10-12-31-43-38-25-17-33(4-2)18-26-38/h4,15-30H,2-3,5-14,31-32H2,1H3. The van der Waals surface area contributed by atoms with E-state index in [1.165, 1.54) is 50.5 Å². The van der Waals surface area contributed by atoms with Gasteiger partial charge in [0.15, 0.2) is 0 Å². The fraction of sp³-hybridized carbons (Fsp3) is 0.341. The molecule has 0 amide bonds. The molecule has 0 fully saturated rings. The molecule has 4 rings (SSSR count). The SMILES string of the molecule is C=Cc1ccc(OCCCCCCCCCCCOc2ccc(C(=O)Oc3ccc(-c4ccc(CCC)cc4)cc3)cc2)cc1. The molecule has 0 unspecified atom stereocenters. The van der Waals surface area contributed by atoms with Crippen LogP contribution in [0, 0.1) is 0 Å². The molecule has 0 radical (unpaired) electrons. The fourth-order valence-electron chi connectivity index (χ4n) is 5.24. The number of unbranched alkanes of at least 4 members (excludes halogenated alkanes) is 8. The number of hydrogen-bond donors (Lipinski definition) is 0. The largest absolute Gasteiger partial charge is 0.494 e. The third-order valence-electron chi connectivity index (χ3n) is 7.92. The smallest absolute Gasteiger partial charge is 0.343 e. The number of carbonyl (C=O) groups is 1. The Labute approximate surface area is 270 Å². The summed E-state index contributed by atoms with van der Waals surface area (Å²) in [5.74, 6) is 1.87. The Morgan fingerprint density at radius 1 is 0.578 bits per heavy atom. The van der Waals surface area contributed by atoms with Crippen LogP contribution in [-0.4, -0.2) is 19.2 Å². The van der Waals surface area contributed by atoms with E-state index >= 15 is 0 Å². The van der Waals surface area contributed by atoms with Crippen molar-refractivity contribution in [2.24, 2.45) is 0 Å². The van der Waals surface area contributed by atoms with Crippen LogP contribution in [0.2, 0.25) is 0 Å². The average Bonchev–Trinajstić information content (AvgIpc) is 3.08. The number of rotatable bonds is 20. The summed E-state index contributed by atoms with van der Waals surface area (Å²) < 4.78 is 17.3. The Balaban J connectivity index is 1.02. The number of aryl methyl sites for hydroxylation is 1. The lowest BCUT2D eigenvalue weighted by molar-refractivity contribution is 0.0734. The summed E-state index contributed by atoms with van der Waals surface area (Å²) in [7, 11) is 0. The molecule has 0 N–H and O–H groups in total. The van der Waals surface area contributed by atoms with Crippen LogP contribution in [0.15, 0.2) is 104 Å². The molecular formula is C41H48O4. The molecule has 0 bridgehead atoms. The first-order valence-electron chi connectivity index (χ1n) is 16.6. The van der Waals surface area contributed by atoms with Crippen molar-refractivity contribution in [3.05, 3.63) is 120 Å². The van der Waals surface area contributed by atoms with Crippen LogP contribution in [0.25, 0.3) is 17.2 Å². The van der Waals surface area contributed by atoms with Gasteiger partial charge in [0, 0.05) is 0 Å². The van der Waals surface area contributed by atoms with Crippen molar-refractivity contribution < 1.29 is 19.0 Å². The number of carbonyl (C=O) groups excluding carboxylic acids is 1. The molecule has 0 atom stereocenters. The van der Waals surface area contributed by atoms with Gasteiger partial charge in [0.05, 0.1) is 18.8 Å². The topological polar surface area (TPSA) is 44.8 Å². The first-order valence-corrected chi connectivity index (χ1v) is 16.6. The van der Waals surface area contributed by atoms with Crippen molar-refractivity contribution in [1.29, 1.82) is 0 Å². The number of esters is 1. The molecular weight excluding hydrogens is 556 g/mol. The summed E-state index contributed by atoms with van der Waals surface area (Å²) in [6.45, 7) is 7.43. The highest BCUT2D eigenvalue weighted by Gasteiger charge is 2.09. The van der Waals surface area contributed by atoms with Gasteiger partial charge in [0.1, 0.15) is 17.2 Å². The van der Waals surface area contributed by atoms with Gasteiger partial charge in [-0.05, 0) is 90.0 Å². The molecule has 0 aliphatic carbocycles. The summed E-state index contributed by atoms with van der Waals surface area (Å²) in [5, 5.41) is 0. The van der Waals surface area contributed by atoms with Gasteiger partial charge in [0.2, 0.25) is 0 Å². The summed E-state index contributed by atoms with van der Waals surface area (Å²) in [5.41, 5.74) is 5.22. The van der Waals surface area contributed by atoms with Crippen LogP contribution < -0.4 is 14.2 Å². The van der Waals surface area contributed by atoms with Crippen LogP contribution in [0.5, 0.6) is 17.2 Å². The van der Waals surface area contributed by atoms with Gasteiger partial charge in [-0.1, -0.05) is 119 Å². The first kappa shape index (κ1) is 33.6. The maximum Gasteiger partial charge on any atom is 0.343 e. The van der Waals surface area contributed by atoms with Gasteiger partial charge in [-0.25, -0.2) is 4.79 Å². The molecule has 0 heterocycles. The second kappa shape index (κ2) is 19.2. The summed E-state index contributed by atoms with van der Waals surface area (Å²) in [6.07, 6.45) is 15.0. The predicted octanol–water partition coefficient (Wildman–Crippen LogP) is 11.1. The highest BCUT2D eigenvalue weighted by atomic mass is 16.5. The van der Waals surface area contributed by atoms with E-state index < -0.39 is 0 Å². The lowest BCUT2D eigenvalue weighted by atomic mass is 10.0. The Bertz CT molecular complexity index is 1400. The second-order valence-electron chi connectivity index (χ2n) is 11.5. The van der Waals surface area contributed by atoms with Gasteiger partial charge < -0.3 is 14.2 Å². The zero-order valence-corrected chi connectivity index (χ0v) is 26.8. The summed E-state index contributed by atoms with van der Waals surface area (Å²) in [6, 6.07) is 31.6. The molecule has 0 spiro atoms. The number of benzene rings is 4.